The highest BCUT2D eigenvalue weighted by Gasteiger charge is 2.50. The highest BCUT2D eigenvalue weighted by Crippen LogP contribution is 2.59. The van der Waals surface area contributed by atoms with Crippen molar-refractivity contribution in [2.45, 2.75) is 62.7 Å². The van der Waals surface area contributed by atoms with Crippen LogP contribution in [0.3, 0.4) is 0 Å². The van der Waals surface area contributed by atoms with E-state index in [2.05, 4.69) is 22.3 Å². The van der Waals surface area contributed by atoms with Gasteiger partial charge in [-0.15, -0.1) is 11.3 Å². The Morgan fingerprint density at radius 2 is 1.79 bits per heavy atom. The summed E-state index contributed by atoms with van der Waals surface area (Å²) in [4.78, 5) is 20.8. The molecular weight excluding hydrogens is 541 g/mol. The molecule has 0 unspecified atom stereocenters. The maximum Gasteiger partial charge on any atom is 0.337 e. The van der Waals surface area contributed by atoms with E-state index in [1.165, 1.54) is 0 Å². The summed E-state index contributed by atoms with van der Waals surface area (Å²) in [7, 11) is 0. The van der Waals surface area contributed by atoms with Gasteiger partial charge < -0.3 is 9.63 Å². The number of halogens is 2. The number of carbonyl (C=O) groups is 1. The van der Waals surface area contributed by atoms with Crippen molar-refractivity contribution in [2.75, 3.05) is 0 Å². The number of benzene rings is 1. The average Bonchev–Trinajstić information content (AvgIpc) is 3.52. The number of aromatic carboxylic acids is 1. The zero-order valence-corrected chi connectivity index (χ0v) is 22.9. The molecule has 0 amide bonds. The van der Waals surface area contributed by atoms with Crippen molar-refractivity contribution in [1.29, 1.82) is 0 Å². The molecule has 0 atom stereocenters. The molecule has 8 rings (SSSR count). The van der Waals surface area contributed by atoms with Crippen molar-refractivity contribution in [1.82, 2.24) is 15.1 Å². The van der Waals surface area contributed by atoms with Gasteiger partial charge in [-0.1, -0.05) is 46.6 Å². The second-order valence-corrected chi connectivity index (χ2v) is 12.8. The van der Waals surface area contributed by atoms with Gasteiger partial charge in [-0.05, 0) is 68.9 Å². The highest BCUT2D eigenvalue weighted by molar-refractivity contribution is 7.19. The molecule has 4 aromatic rings. The number of hydrogen-bond donors (Lipinski definition) is 1. The summed E-state index contributed by atoms with van der Waals surface area (Å²) < 4.78 is 6.63. The van der Waals surface area contributed by atoms with Crippen LogP contribution in [-0.2, 0) is 5.41 Å². The van der Waals surface area contributed by atoms with Gasteiger partial charge in [0.2, 0.25) is 0 Å². The fourth-order valence-corrected chi connectivity index (χ4v) is 8.21. The molecule has 38 heavy (non-hydrogen) atoms. The lowest BCUT2D eigenvalue weighted by atomic mass is 9.54. The molecule has 1 N–H and O–H groups in total. The van der Waals surface area contributed by atoms with E-state index in [1.807, 2.05) is 6.07 Å². The van der Waals surface area contributed by atoms with Crippen LogP contribution < -0.4 is 0 Å². The Morgan fingerprint density at radius 3 is 2.45 bits per heavy atom. The third-order valence-corrected chi connectivity index (χ3v) is 10.7. The third kappa shape index (κ3) is 3.90. The van der Waals surface area contributed by atoms with Gasteiger partial charge in [0, 0.05) is 34.9 Å². The molecule has 4 saturated carbocycles. The summed E-state index contributed by atoms with van der Waals surface area (Å²) in [6.07, 6.45) is 16.3. The molecule has 0 spiro atoms. The topological polar surface area (TPSA) is 89.1 Å². The van der Waals surface area contributed by atoms with E-state index in [-0.39, 0.29) is 10.8 Å². The van der Waals surface area contributed by atoms with Crippen molar-refractivity contribution in [3.05, 3.63) is 68.6 Å². The second kappa shape index (κ2) is 8.90. The van der Waals surface area contributed by atoms with Crippen LogP contribution in [0.15, 0.2) is 41.2 Å². The lowest BCUT2D eigenvalue weighted by Gasteiger charge is -2.51. The van der Waals surface area contributed by atoms with Crippen LogP contribution in [0.4, 0.5) is 0 Å². The predicted octanol–water partition coefficient (Wildman–Crippen LogP) is 8.53. The number of carboxylic acids is 1. The zero-order valence-electron chi connectivity index (χ0n) is 20.5. The molecule has 2 bridgehead atoms. The summed E-state index contributed by atoms with van der Waals surface area (Å²) >= 11 is 14.6. The van der Waals surface area contributed by atoms with Gasteiger partial charge in [0.05, 0.1) is 25.8 Å². The van der Waals surface area contributed by atoms with E-state index in [0.29, 0.717) is 32.8 Å². The van der Waals surface area contributed by atoms with Gasteiger partial charge >= 0.3 is 5.97 Å². The minimum atomic E-state index is -0.896. The van der Waals surface area contributed by atoms with Crippen LogP contribution >= 0.6 is 34.5 Å². The number of hydrogen-bond acceptors (Lipinski definition) is 6. The Bertz CT molecular complexity index is 1580. The predicted molar refractivity (Wildman–Crippen MR) is 149 cm³/mol. The molecule has 0 radical (unpaired) electrons. The van der Waals surface area contributed by atoms with Gasteiger partial charge in [0.25, 0.3) is 0 Å². The first-order chi connectivity index (χ1) is 18.4. The number of fused-ring (bicyclic) bond motifs is 4. The first-order valence-corrected chi connectivity index (χ1v) is 14.6. The molecule has 0 saturated heterocycles. The van der Waals surface area contributed by atoms with Crippen LogP contribution in [0, 0.1) is 5.41 Å². The van der Waals surface area contributed by atoms with Crippen LogP contribution in [0.2, 0.25) is 10.0 Å². The van der Waals surface area contributed by atoms with Crippen LogP contribution in [0.1, 0.15) is 84.0 Å². The molecule has 3 aromatic heterocycles. The van der Waals surface area contributed by atoms with Gasteiger partial charge in [-0.25, -0.2) is 9.78 Å². The Hall–Kier alpha value is -2.74. The number of pyridine rings is 1. The molecule has 4 aliphatic rings. The number of aromatic nitrogens is 3. The molecule has 3 heterocycles. The van der Waals surface area contributed by atoms with Crippen molar-refractivity contribution in [3.8, 4) is 11.3 Å². The Morgan fingerprint density at radius 1 is 1.08 bits per heavy atom. The number of nitrogens with zero attached hydrogens (tertiary/aromatic N) is 3. The highest BCUT2D eigenvalue weighted by atomic mass is 35.5. The van der Waals surface area contributed by atoms with E-state index in [1.54, 1.807) is 35.9 Å². The number of thiazole rings is 1. The molecular formula is C29H25Cl2N3O3S. The Kier molecular flexibility index (Phi) is 5.69. The second-order valence-electron chi connectivity index (χ2n) is 11.0. The van der Waals surface area contributed by atoms with Crippen molar-refractivity contribution in [3.63, 3.8) is 0 Å². The molecule has 194 valence electrons. The van der Waals surface area contributed by atoms with Crippen LogP contribution in [0.5, 0.6) is 0 Å². The number of allylic oxidation sites excluding steroid dienone is 1. The minimum Gasteiger partial charge on any atom is -0.478 e. The van der Waals surface area contributed by atoms with Gasteiger partial charge in [-0.2, -0.15) is 0 Å². The van der Waals surface area contributed by atoms with Gasteiger partial charge in [0.15, 0.2) is 0 Å². The standard InChI is InChI=1S/C29H25Cl2N3O3S/c30-19-14-32-15-20(31)22(19)23-17(24(37-34-23)16-4-5-16)6-7-28-8-11-29(12-9-28,13-10-28)27-33-21-3-1-2-18(26(35)36)25(21)38-27/h1-3,6-7,14-16H,4-5,8-13H2,(H,35,36). The van der Waals surface area contributed by atoms with E-state index in [9.17, 15) is 9.90 Å². The normalized spacial score (nSPS) is 25.0. The zero-order chi connectivity index (χ0) is 26.1. The van der Waals surface area contributed by atoms with E-state index < -0.39 is 5.97 Å². The Balaban J connectivity index is 1.19. The monoisotopic (exact) mass is 565 g/mol. The largest absolute Gasteiger partial charge is 0.478 e. The smallest absolute Gasteiger partial charge is 0.337 e. The first-order valence-electron chi connectivity index (χ1n) is 13.0. The average molecular weight is 567 g/mol. The first kappa shape index (κ1) is 24.3. The van der Waals surface area contributed by atoms with Gasteiger partial charge in [-0.3, -0.25) is 4.98 Å². The number of carboxylic acid groups (broad SMARTS) is 1. The molecule has 6 nitrogen and oxygen atoms in total. The fraction of sp³-hybridized carbons (Fsp3) is 0.379. The third-order valence-electron chi connectivity index (χ3n) is 8.80. The summed E-state index contributed by atoms with van der Waals surface area (Å²) in [6, 6.07) is 5.38. The lowest BCUT2D eigenvalue weighted by Crippen LogP contribution is -2.43. The minimum absolute atomic E-state index is 0.0364. The Labute approximate surface area is 233 Å². The van der Waals surface area contributed by atoms with E-state index in [4.69, 9.17) is 32.7 Å². The molecule has 4 aliphatic carbocycles. The van der Waals surface area contributed by atoms with E-state index >= 15 is 0 Å². The van der Waals surface area contributed by atoms with Crippen molar-refractivity contribution >= 4 is 56.8 Å². The molecule has 9 heteroatoms. The molecule has 0 aliphatic heterocycles. The summed E-state index contributed by atoms with van der Waals surface area (Å²) in [6.45, 7) is 0. The molecule has 4 fully saturated rings. The van der Waals surface area contributed by atoms with E-state index in [0.717, 1.165) is 77.9 Å². The quantitative estimate of drug-likeness (QED) is 0.252. The van der Waals surface area contributed by atoms with Crippen LogP contribution in [-0.4, -0.2) is 26.2 Å². The summed E-state index contributed by atoms with van der Waals surface area (Å²) in [5.41, 5.74) is 3.62. The maximum atomic E-state index is 11.7. The lowest BCUT2D eigenvalue weighted by molar-refractivity contribution is 0.0699. The van der Waals surface area contributed by atoms with Gasteiger partial charge in [0.1, 0.15) is 16.5 Å². The summed E-state index contributed by atoms with van der Waals surface area (Å²) in [5.74, 6) is 0.418. The maximum absolute atomic E-state index is 11.7. The summed E-state index contributed by atoms with van der Waals surface area (Å²) in [5, 5.41) is 16.1. The SMILES string of the molecule is O=C(O)c1cccc2nc(C34CCC(C=Cc5c(-c6c(Cl)cncc6Cl)noc5C5CC5)(CC3)CC4)sc12. The molecule has 1 aromatic carbocycles. The fourth-order valence-electron chi connectivity index (χ4n) is 6.32. The van der Waals surface area contributed by atoms with Crippen molar-refractivity contribution in [2.24, 2.45) is 5.41 Å². The van der Waals surface area contributed by atoms with Crippen LogP contribution in [0.25, 0.3) is 27.6 Å². The number of rotatable bonds is 6. The van der Waals surface area contributed by atoms with Crippen molar-refractivity contribution < 1.29 is 14.4 Å².